The van der Waals surface area contributed by atoms with Crippen LogP contribution in [-0.2, 0) is 6.54 Å². The van der Waals surface area contributed by atoms with E-state index >= 15 is 0 Å². The van der Waals surface area contributed by atoms with E-state index < -0.39 is 0 Å². The average molecular weight is 305 g/mol. The molecule has 0 radical (unpaired) electrons. The number of hydrogen-bond donors (Lipinski definition) is 1. The lowest BCUT2D eigenvalue weighted by Gasteiger charge is -2.09. The summed E-state index contributed by atoms with van der Waals surface area (Å²) in [5, 5.41) is 3.03. The Labute approximate surface area is 128 Å². The van der Waals surface area contributed by atoms with E-state index in [1.165, 1.54) is 6.20 Å². The van der Waals surface area contributed by atoms with Crippen LogP contribution in [0.4, 0.5) is 0 Å². The van der Waals surface area contributed by atoms with Gasteiger partial charge in [-0.15, -0.1) is 0 Å². The van der Waals surface area contributed by atoms with E-state index in [1.54, 1.807) is 6.20 Å². The predicted molar refractivity (Wildman–Crippen MR) is 81.3 cm³/mol. The Kier molecular flexibility index (Phi) is 4.85. The largest absolute Gasteiger partial charge is 0.345 e. The third-order valence-electron chi connectivity index (χ3n) is 3.03. The van der Waals surface area contributed by atoms with Gasteiger partial charge in [0.2, 0.25) is 0 Å². The zero-order valence-corrected chi connectivity index (χ0v) is 13.0. The van der Waals surface area contributed by atoms with Crippen molar-refractivity contribution in [3.63, 3.8) is 0 Å². The van der Waals surface area contributed by atoms with Gasteiger partial charge in [-0.1, -0.05) is 31.5 Å². The Morgan fingerprint density at radius 3 is 2.81 bits per heavy atom. The zero-order valence-electron chi connectivity index (χ0n) is 12.2. The highest BCUT2D eigenvalue weighted by Gasteiger charge is 2.15. The average Bonchev–Trinajstić information content (AvgIpc) is 2.46. The fourth-order valence-electron chi connectivity index (χ4n) is 1.77. The summed E-state index contributed by atoms with van der Waals surface area (Å²) in [7, 11) is 0. The summed E-state index contributed by atoms with van der Waals surface area (Å²) in [6.07, 6.45) is 3.16. The minimum Gasteiger partial charge on any atom is -0.345 e. The highest BCUT2D eigenvalue weighted by molar-refractivity contribution is 6.33. The van der Waals surface area contributed by atoms with E-state index in [4.69, 9.17) is 11.6 Å². The van der Waals surface area contributed by atoms with Gasteiger partial charge in [0, 0.05) is 12.1 Å². The van der Waals surface area contributed by atoms with Gasteiger partial charge in [-0.05, 0) is 18.6 Å². The molecule has 1 N–H and O–H groups in total. The molecule has 1 amide bonds. The Hall–Kier alpha value is -2.01. The number of aromatic nitrogens is 3. The van der Waals surface area contributed by atoms with Gasteiger partial charge in [0.25, 0.3) is 5.91 Å². The van der Waals surface area contributed by atoms with Gasteiger partial charge in [-0.3, -0.25) is 9.78 Å². The van der Waals surface area contributed by atoms with Gasteiger partial charge in [-0.25, -0.2) is 9.97 Å². The third kappa shape index (κ3) is 3.76. The summed E-state index contributed by atoms with van der Waals surface area (Å²) in [5.41, 5.74) is 2.04. The molecule has 0 saturated heterocycles. The number of amides is 1. The molecule has 110 valence electrons. The Morgan fingerprint density at radius 1 is 1.38 bits per heavy atom. The molecule has 0 saturated carbocycles. The van der Waals surface area contributed by atoms with Crippen LogP contribution in [0.2, 0.25) is 5.02 Å². The lowest BCUT2D eigenvalue weighted by molar-refractivity contribution is 0.0945. The van der Waals surface area contributed by atoms with Gasteiger partial charge < -0.3 is 5.32 Å². The molecule has 5 nitrogen and oxygen atoms in total. The number of rotatable bonds is 4. The maximum absolute atomic E-state index is 12.2. The van der Waals surface area contributed by atoms with E-state index in [9.17, 15) is 4.79 Å². The molecule has 2 aromatic heterocycles. The second-order valence-corrected chi connectivity index (χ2v) is 5.44. The maximum Gasteiger partial charge on any atom is 0.271 e. The number of carbonyl (C=O) groups excluding carboxylic acids is 1. The van der Waals surface area contributed by atoms with Crippen molar-refractivity contribution < 1.29 is 4.79 Å². The molecular weight excluding hydrogens is 288 g/mol. The first-order valence-electron chi connectivity index (χ1n) is 6.70. The number of nitrogens with zero attached hydrogens (tertiary/aromatic N) is 3. The van der Waals surface area contributed by atoms with Crippen molar-refractivity contribution in [2.45, 2.75) is 33.2 Å². The van der Waals surface area contributed by atoms with Crippen LogP contribution in [0.25, 0.3) is 0 Å². The summed E-state index contributed by atoms with van der Waals surface area (Å²) >= 11 is 6.01. The number of aryl methyl sites for hydroxylation is 1. The Bertz CT molecular complexity index is 658. The molecule has 21 heavy (non-hydrogen) atoms. The smallest absolute Gasteiger partial charge is 0.271 e. The van der Waals surface area contributed by atoms with Crippen molar-refractivity contribution in [2.75, 3.05) is 0 Å². The van der Waals surface area contributed by atoms with Crippen molar-refractivity contribution in [1.29, 1.82) is 0 Å². The summed E-state index contributed by atoms with van der Waals surface area (Å²) < 4.78 is 0. The van der Waals surface area contributed by atoms with E-state index in [0.717, 1.165) is 11.3 Å². The second kappa shape index (κ2) is 6.63. The van der Waals surface area contributed by atoms with Gasteiger partial charge in [0.15, 0.2) is 0 Å². The van der Waals surface area contributed by atoms with Crippen LogP contribution < -0.4 is 5.32 Å². The first kappa shape index (κ1) is 15.4. The molecule has 0 aliphatic heterocycles. The normalized spacial score (nSPS) is 10.7. The highest BCUT2D eigenvalue weighted by Crippen LogP contribution is 2.16. The second-order valence-electron chi connectivity index (χ2n) is 5.03. The molecule has 0 unspecified atom stereocenters. The zero-order chi connectivity index (χ0) is 15.4. The topological polar surface area (TPSA) is 67.8 Å². The van der Waals surface area contributed by atoms with Gasteiger partial charge >= 0.3 is 0 Å². The third-order valence-corrected chi connectivity index (χ3v) is 3.31. The SMILES string of the molecule is Cc1cccnc1CNC(=O)c1nc(C(C)C)ncc1Cl. The molecule has 0 spiro atoms. The minimum absolute atomic E-state index is 0.131. The number of halogens is 1. The molecule has 0 aliphatic carbocycles. The molecule has 0 aromatic carbocycles. The van der Waals surface area contributed by atoms with E-state index in [1.807, 2.05) is 32.9 Å². The Balaban J connectivity index is 2.14. The monoisotopic (exact) mass is 304 g/mol. The van der Waals surface area contributed by atoms with Gasteiger partial charge in [0.05, 0.1) is 23.5 Å². The van der Waals surface area contributed by atoms with Crippen LogP contribution in [-0.4, -0.2) is 20.9 Å². The van der Waals surface area contributed by atoms with Crippen molar-refractivity contribution in [2.24, 2.45) is 0 Å². The highest BCUT2D eigenvalue weighted by atomic mass is 35.5. The van der Waals surface area contributed by atoms with Crippen molar-refractivity contribution in [3.05, 3.63) is 52.3 Å². The molecule has 0 atom stereocenters. The standard InChI is InChI=1S/C15H17ClN4O/c1-9(2)14-18-7-11(16)13(20-14)15(21)19-8-12-10(3)5-4-6-17-12/h4-7,9H,8H2,1-3H3,(H,19,21). The van der Waals surface area contributed by atoms with Crippen LogP contribution >= 0.6 is 11.6 Å². The maximum atomic E-state index is 12.2. The number of carbonyl (C=O) groups is 1. The number of nitrogens with one attached hydrogen (secondary N) is 1. The molecule has 0 fully saturated rings. The molecule has 2 aromatic rings. The summed E-state index contributed by atoms with van der Waals surface area (Å²) in [4.78, 5) is 24.8. The van der Waals surface area contributed by atoms with Crippen molar-refractivity contribution in [3.8, 4) is 0 Å². The summed E-state index contributed by atoms with van der Waals surface area (Å²) in [6, 6.07) is 3.81. The molecule has 0 aliphatic rings. The molecule has 6 heteroatoms. The summed E-state index contributed by atoms with van der Waals surface area (Å²) in [6.45, 7) is 6.20. The van der Waals surface area contributed by atoms with E-state index in [-0.39, 0.29) is 22.5 Å². The number of pyridine rings is 1. The predicted octanol–water partition coefficient (Wildman–Crippen LogP) is 2.89. The quantitative estimate of drug-likeness (QED) is 0.943. The molecular formula is C15H17ClN4O. The van der Waals surface area contributed by atoms with E-state index in [0.29, 0.717) is 12.4 Å². The van der Waals surface area contributed by atoms with E-state index in [2.05, 4.69) is 20.3 Å². The fraction of sp³-hybridized carbons (Fsp3) is 0.333. The lowest BCUT2D eigenvalue weighted by Crippen LogP contribution is -2.25. The lowest BCUT2D eigenvalue weighted by atomic mass is 10.2. The van der Waals surface area contributed by atoms with Crippen LogP contribution in [0, 0.1) is 6.92 Å². The summed E-state index contributed by atoms with van der Waals surface area (Å²) in [5.74, 6) is 0.403. The molecule has 2 rings (SSSR count). The van der Waals surface area contributed by atoms with Crippen molar-refractivity contribution in [1.82, 2.24) is 20.3 Å². The van der Waals surface area contributed by atoms with Crippen LogP contribution in [0.5, 0.6) is 0 Å². The number of hydrogen-bond acceptors (Lipinski definition) is 4. The van der Waals surface area contributed by atoms with Crippen LogP contribution in [0.3, 0.4) is 0 Å². The fourth-order valence-corrected chi connectivity index (χ4v) is 1.95. The van der Waals surface area contributed by atoms with Gasteiger partial charge in [-0.2, -0.15) is 0 Å². The van der Waals surface area contributed by atoms with Crippen LogP contribution in [0.1, 0.15) is 47.3 Å². The molecule has 0 bridgehead atoms. The first-order valence-corrected chi connectivity index (χ1v) is 7.08. The minimum atomic E-state index is -0.325. The van der Waals surface area contributed by atoms with Crippen molar-refractivity contribution >= 4 is 17.5 Å². The van der Waals surface area contributed by atoms with Crippen LogP contribution in [0.15, 0.2) is 24.5 Å². The first-order chi connectivity index (χ1) is 9.99. The Morgan fingerprint density at radius 2 is 2.14 bits per heavy atom. The van der Waals surface area contributed by atoms with Gasteiger partial charge in [0.1, 0.15) is 11.5 Å². The molecule has 2 heterocycles.